The molecule has 24 heavy (non-hydrogen) atoms. The summed E-state index contributed by atoms with van der Waals surface area (Å²) in [6.45, 7) is 0. The highest BCUT2D eigenvalue weighted by molar-refractivity contribution is 5.99. The number of pyridine rings is 1. The number of rotatable bonds is 3. The summed E-state index contributed by atoms with van der Waals surface area (Å²) < 4.78 is 38.7. The van der Waals surface area contributed by atoms with Crippen LogP contribution in [0, 0.1) is 0 Å². The molecular weight excluding hydrogens is 323 g/mol. The quantitative estimate of drug-likeness (QED) is 0.905. The number of amides is 3. The van der Waals surface area contributed by atoms with Gasteiger partial charge in [0, 0.05) is 13.2 Å². The Kier molecular flexibility index (Phi) is 5.18. The number of halogens is 3. The van der Waals surface area contributed by atoms with Gasteiger partial charge in [-0.1, -0.05) is 30.3 Å². The van der Waals surface area contributed by atoms with E-state index in [4.69, 9.17) is 0 Å². The summed E-state index contributed by atoms with van der Waals surface area (Å²) in [6.07, 6.45) is -3.57. The summed E-state index contributed by atoms with van der Waals surface area (Å²) in [5, 5.41) is 4.29. The SMILES string of the molecule is CNC(=O)NC(=O)C(c1ccccc1)c1cc(C(F)(F)F)ccn1. The van der Waals surface area contributed by atoms with Gasteiger partial charge in [0.2, 0.25) is 5.91 Å². The molecule has 1 unspecified atom stereocenters. The number of aromatic nitrogens is 1. The van der Waals surface area contributed by atoms with Gasteiger partial charge in [-0.15, -0.1) is 0 Å². The van der Waals surface area contributed by atoms with Gasteiger partial charge in [0.1, 0.15) is 5.92 Å². The fraction of sp³-hybridized carbons (Fsp3) is 0.188. The molecule has 0 aliphatic carbocycles. The van der Waals surface area contributed by atoms with E-state index in [9.17, 15) is 22.8 Å². The van der Waals surface area contributed by atoms with Gasteiger partial charge in [0.25, 0.3) is 0 Å². The van der Waals surface area contributed by atoms with E-state index in [1.165, 1.54) is 7.05 Å². The third-order valence-electron chi connectivity index (χ3n) is 3.26. The molecule has 8 heteroatoms. The minimum Gasteiger partial charge on any atom is -0.341 e. The van der Waals surface area contributed by atoms with Gasteiger partial charge in [-0.3, -0.25) is 15.1 Å². The zero-order chi connectivity index (χ0) is 17.7. The molecule has 0 aliphatic rings. The monoisotopic (exact) mass is 337 g/mol. The van der Waals surface area contributed by atoms with Gasteiger partial charge in [0.05, 0.1) is 11.3 Å². The molecule has 1 aromatic carbocycles. The van der Waals surface area contributed by atoms with Crippen molar-refractivity contribution in [1.82, 2.24) is 15.6 Å². The molecule has 0 spiro atoms. The molecule has 0 saturated heterocycles. The molecule has 3 amide bonds. The first kappa shape index (κ1) is 17.5. The van der Waals surface area contributed by atoms with E-state index in [-0.39, 0.29) is 5.69 Å². The number of hydrogen-bond acceptors (Lipinski definition) is 3. The molecule has 0 bridgehead atoms. The number of imide groups is 1. The largest absolute Gasteiger partial charge is 0.416 e. The van der Waals surface area contributed by atoms with Crippen LogP contribution in [0.2, 0.25) is 0 Å². The average molecular weight is 337 g/mol. The van der Waals surface area contributed by atoms with Crippen LogP contribution in [-0.4, -0.2) is 24.0 Å². The number of carbonyl (C=O) groups excluding carboxylic acids is 2. The van der Waals surface area contributed by atoms with Crippen LogP contribution in [0.3, 0.4) is 0 Å². The molecule has 0 saturated carbocycles. The summed E-state index contributed by atoms with van der Waals surface area (Å²) >= 11 is 0. The third-order valence-corrected chi connectivity index (χ3v) is 3.26. The Morgan fingerprint density at radius 2 is 1.79 bits per heavy atom. The van der Waals surface area contributed by atoms with E-state index in [1.807, 2.05) is 0 Å². The molecule has 1 atom stereocenters. The van der Waals surface area contributed by atoms with Crippen LogP contribution in [0.1, 0.15) is 22.7 Å². The lowest BCUT2D eigenvalue weighted by atomic mass is 9.93. The van der Waals surface area contributed by atoms with Crippen LogP contribution >= 0.6 is 0 Å². The second kappa shape index (κ2) is 7.12. The molecule has 0 aliphatic heterocycles. The third kappa shape index (κ3) is 4.09. The van der Waals surface area contributed by atoms with Gasteiger partial charge in [0.15, 0.2) is 0 Å². The maximum atomic E-state index is 12.9. The van der Waals surface area contributed by atoms with E-state index in [0.29, 0.717) is 5.56 Å². The van der Waals surface area contributed by atoms with Crippen molar-refractivity contribution in [2.24, 2.45) is 0 Å². The van der Waals surface area contributed by atoms with Crippen molar-refractivity contribution in [3.63, 3.8) is 0 Å². The molecule has 2 aromatic rings. The van der Waals surface area contributed by atoms with Crippen LogP contribution in [-0.2, 0) is 11.0 Å². The van der Waals surface area contributed by atoms with Crippen molar-refractivity contribution < 1.29 is 22.8 Å². The van der Waals surface area contributed by atoms with Crippen molar-refractivity contribution in [3.8, 4) is 0 Å². The maximum Gasteiger partial charge on any atom is 0.416 e. The van der Waals surface area contributed by atoms with Crippen LogP contribution < -0.4 is 10.6 Å². The zero-order valence-electron chi connectivity index (χ0n) is 12.6. The van der Waals surface area contributed by atoms with Gasteiger partial charge in [-0.25, -0.2) is 4.79 Å². The number of alkyl halides is 3. The lowest BCUT2D eigenvalue weighted by molar-refractivity contribution is -0.137. The normalized spacial score (nSPS) is 12.3. The van der Waals surface area contributed by atoms with Crippen molar-refractivity contribution in [2.75, 3.05) is 7.05 Å². The van der Waals surface area contributed by atoms with Crippen LogP contribution in [0.15, 0.2) is 48.7 Å². The molecule has 5 nitrogen and oxygen atoms in total. The summed E-state index contributed by atoms with van der Waals surface area (Å²) in [5.74, 6) is -1.92. The predicted molar refractivity (Wildman–Crippen MR) is 80.1 cm³/mol. The smallest absolute Gasteiger partial charge is 0.341 e. The Morgan fingerprint density at radius 3 is 2.38 bits per heavy atom. The van der Waals surface area contributed by atoms with Crippen molar-refractivity contribution in [2.45, 2.75) is 12.1 Å². The first-order valence-electron chi connectivity index (χ1n) is 6.93. The summed E-state index contributed by atoms with van der Waals surface area (Å²) in [6, 6.07) is 9.02. The lowest BCUT2D eigenvalue weighted by Crippen LogP contribution is -2.40. The Morgan fingerprint density at radius 1 is 1.12 bits per heavy atom. The minimum atomic E-state index is -4.56. The Labute approximate surface area is 135 Å². The van der Waals surface area contributed by atoms with E-state index < -0.39 is 29.6 Å². The molecule has 1 aromatic heterocycles. The molecule has 0 fully saturated rings. The minimum absolute atomic E-state index is 0.0996. The Hall–Kier alpha value is -2.90. The van der Waals surface area contributed by atoms with E-state index in [1.54, 1.807) is 30.3 Å². The van der Waals surface area contributed by atoms with Gasteiger partial charge in [-0.05, 0) is 17.7 Å². The van der Waals surface area contributed by atoms with E-state index >= 15 is 0 Å². The molecule has 126 valence electrons. The lowest BCUT2D eigenvalue weighted by Gasteiger charge is -2.17. The van der Waals surface area contributed by atoms with E-state index in [2.05, 4.69) is 15.6 Å². The fourth-order valence-electron chi connectivity index (χ4n) is 2.13. The zero-order valence-corrected chi connectivity index (χ0v) is 12.6. The second-order valence-electron chi connectivity index (χ2n) is 4.88. The number of benzene rings is 1. The number of nitrogens with zero attached hydrogens (tertiary/aromatic N) is 1. The number of hydrogen-bond donors (Lipinski definition) is 2. The maximum absolute atomic E-state index is 12.9. The van der Waals surface area contributed by atoms with Gasteiger partial charge < -0.3 is 5.32 Å². The number of nitrogens with one attached hydrogen (secondary N) is 2. The average Bonchev–Trinajstić information content (AvgIpc) is 2.55. The van der Waals surface area contributed by atoms with Gasteiger partial charge in [-0.2, -0.15) is 13.2 Å². The fourth-order valence-corrected chi connectivity index (χ4v) is 2.13. The number of urea groups is 1. The summed E-state index contributed by atoms with van der Waals surface area (Å²) in [7, 11) is 1.32. The van der Waals surface area contributed by atoms with Crippen molar-refractivity contribution in [3.05, 3.63) is 65.5 Å². The molecule has 2 N–H and O–H groups in total. The van der Waals surface area contributed by atoms with Crippen molar-refractivity contribution >= 4 is 11.9 Å². The first-order chi connectivity index (χ1) is 11.3. The molecule has 0 radical (unpaired) electrons. The van der Waals surface area contributed by atoms with Crippen molar-refractivity contribution in [1.29, 1.82) is 0 Å². The summed E-state index contributed by atoms with van der Waals surface area (Å²) in [5.41, 5.74) is -0.593. The highest BCUT2D eigenvalue weighted by atomic mass is 19.4. The molecule has 2 rings (SSSR count). The van der Waals surface area contributed by atoms with E-state index in [0.717, 1.165) is 18.3 Å². The first-order valence-corrected chi connectivity index (χ1v) is 6.93. The standard InChI is InChI=1S/C16H14F3N3O2/c1-20-15(24)22-14(23)13(10-5-3-2-4-6-10)12-9-11(7-8-21-12)16(17,18)19/h2-9,13H,1H3,(H2,20,22,23,24). The second-order valence-corrected chi connectivity index (χ2v) is 4.88. The number of carbonyl (C=O) groups is 2. The summed E-state index contributed by atoms with van der Waals surface area (Å²) in [4.78, 5) is 27.6. The highest BCUT2D eigenvalue weighted by Gasteiger charge is 2.33. The van der Waals surface area contributed by atoms with Crippen LogP contribution in [0.4, 0.5) is 18.0 Å². The Balaban J connectivity index is 2.47. The van der Waals surface area contributed by atoms with Gasteiger partial charge >= 0.3 is 12.2 Å². The molecule has 1 heterocycles. The Bertz CT molecular complexity index is 733. The molecular formula is C16H14F3N3O2. The highest BCUT2D eigenvalue weighted by Crippen LogP contribution is 2.32. The predicted octanol–water partition coefficient (Wildman–Crippen LogP) is 2.69. The van der Waals surface area contributed by atoms with Crippen LogP contribution in [0.25, 0.3) is 0 Å². The topological polar surface area (TPSA) is 71.1 Å². The van der Waals surface area contributed by atoms with Crippen LogP contribution in [0.5, 0.6) is 0 Å².